The van der Waals surface area contributed by atoms with Crippen molar-refractivity contribution in [2.75, 3.05) is 20.2 Å². The molecule has 140 valence electrons. The Hall–Kier alpha value is -2.37. The van der Waals surface area contributed by atoms with Crippen LogP contribution in [-0.2, 0) is 6.54 Å². The lowest BCUT2D eigenvalue weighted by molar-refractivity contribution is 0.0935. The molecule has 1 aliphatic heterocycles. The van der Waals surface area contributed by atoms with Crippen molar-refractivity contribution < 1.29 is 9.53 Å². The van der Waals surface area contributed by atoms with Gasteiger partial charge in [-0.15, -0.1) is 11.3 Å². The topological polar surface area (TPSA) is 41.6 Å². The Morgan fingerprint density at radius 2 is 2.07 bits per heavy atom. The van der Waals surface area contributed by atoms with E-state index < -0.39 is 0 Å². The lowest BCUT2D eigenvalue weighted by Gasteiger charge is -2.17. The molecule has 5 heteroatoms. The second-order valence-electron chi connectivity index (χ2n) is 7.13. The zero-order chi connectivity index (χ0) is 18.8. The number of amides is 1. The number of nitrogens with one attached hydrogen (secondary N) is 1. The molecule has 0 spiro atoms. The predicted octanol–water partition coefficient (Wildman–Crippen LogP) is 4.22. The molecule has 0 bridgehead atoms. The number of nitrogens with zero attached hydrogens (tertiary/aromatic N) is 1. The van der Waals surface area contributed by atoms with Gasteiger partial charge in [-0.25, -0.2) is 0 Å². The van der Waals surface area contributed by atoms with Crippen LogP contribution in [-0.4, -0.2) is 37.0 Å². The molecule has 1 atom stereocenters. The Balaban J connectivity index is 1.44. The first kappa shape index (κ1) is 18.0. The van der Waals surface area contributed by atoms with Crippen molar-refractivity contribution in [1.82, 2.24) is 10.2 Å². The summed E-state index contributed by atoms with van der Waals surface area (Å²) in [7, 11) is 1.62. The van der Waals surface area contributed by atoms with Crippen molar-refractivity contribution in [2.45, 2.75) is 25.9 Å². The second kappa shape index (κ2) is 7.71. The maximum absolute atomic E-state index is 12.9. The summed E-state index contributed by atoms with van der Waals surface area (Å²) in [5, 5.41) is 4.30. The van der Waals surface area contributed by atoms with Crippen molar-refractivity contribution >= 4 is 27.3 Å². The molecule has 0 saturated carbocycles. The van der Waals surface area contributed by atoms with Gasteiger partial charge in [0.15, 0.2) is 0 Å². The molecule has 1 N–H and O–H groups in total. The molecular formula is C22H24N2O2S. The summed E-state index contributed by atoms with van der Waals surface area (Å²) in [5.74, 6) is 0.588. The van der Waals surface area contributed by atoms with E-state index >= 15 is 0 Å². The summed E-state index contributed by atoms with van der Waals surface area (Å²) in [6.45, 7) is 4.88. The van der Waals surface area contributed by atoms with Gasteiger partial charge in [0, 0.05) is 35.3 Å². The van der Waals surface area contributed by atoms with Gasteiger partial charge < -0.3 is 10.1 Å². The highest BCUT2D eigenvalue weighted by atomic mass is 32.1. The molecule has 4 rings (SSSR count). The van der Waals surface area contributed by atoms with Crippen LogP contribution in [0.5, 0.6) is 5.75 Å². The van der Waals surface area contributed by atoms with Gasteiger partial charge in [0.05, 0.1) is 12.7 Å². The molecule has 1 fully saturated rings. The average molecular weight is 381 g/mol. The van der Waals surface area contributed by atoms with Crippen LogP contribution in [0, 0.1) is 6.92 Å². The standard InChI is InChI=1S/C22H24N2O2S/c1-15-10-17-11-19(20(26-2)12-21(17)27-15)22(25)23-18-8-9-24(14-18)13-16-6-4-3-5-7-16/h3-7,10-12,18H,8-9,13-14H2,1-2H3,(H,23,25). The molecule has 3 aromatic rings. The number of ether oxygens (including phenoxy) is 1. The first-order valence-electron chi connectivity index (χ1n) is 9.27. The number of aryl methyl sites for hydroxylation is 1. The van der Waals surface area contributed by atoms with Crippen LogP contribution in [0.4, 0.5) is 0 Å². The Morgan fingerprint density at radius 3 is 2.85 bits per heavy atom. The Kier molecular flexibility index (Phi) is 5.14. The minimum atomic E-state index is -0.0517. The first-order chi connectivity index (χ1) is 13.1. The SMILES string of the molecule is COc1cc2sc(C)cc2cc1C(=O)NC1CCN(Cc2ccccc2)C1. The van der Waals surface area contributed by atoms with E-state index in [0.29, 0.717) is 11.3 Å². The van der Waals surface area contributed by atoms with Crippen molar-refractivity contribution in [3.63, 3.8) is 0 Å². The second-order valence-corrected chi connectivity index (χ2v) is 8.42. The predicted molar refractivity (Wildman–Crippen MR) is 111 cm³/mol. The van der Waals surface area contributed by atoms with Crippen LogP contribution in [0.25, 0.3) is 10.1 Å². The van der Waals surface area contributed by atoms with Crippen LogP contribution in [0.15, 0.2) is 48.5 Å². The lowest BCUT2D eigenvalue weighted by Crippen LogP contribution is -2.37. The highest BCUT2D eigenvalue weighted by Gasteiger charge is 2.25. The molecule has 2 aromatic carbocycles. The normalized spacial score (nSPS) is 17.3. The number of carbonyl (C=O) groups is 1. The number of benzene rings is 2. The van der Waals surface area contributed by atoms with Crippen LogP contribution < -0.4 is 10.1 Å². The van der Waals surface area contributed by atoms with Gasteiger partial charge in [-0.1, -0.05) is 30.3 Å². The van der Waals surface area contributed by atoms with Gasteiger partial charge in [-0.2, -0.15) is 0 Å². The van der Waals surface area contributed by atoms with E-state index in [1.807, 2.05) is 18.2 Å². The van der Waals surface area contributed by atoms with Gasteiger partial charge in [-0.3, -0.25) is 9.69 Å². The fraction of sp³-hybridized carbons (Fsp3) is 0.318. The number of thiophene rings is 1. The molecular weight excluding hydrogens is 356 g/mol. The molecule has 1 aliphatic rings. The Bertz CT molecular complexity index is 952. The van der Waals surface area contributed by atoms with E-state index in [-0.39, 0.29) is 11.9 Å². The van der Waals surface area contributed by atoms with Gasteiger partial charge in [-0.05, 0) is 42.5 Å². The monoisotopic (exact) mass is 380 g/mol. The molecule has 1 aromatic heterocycles. The average Bonchev–Trinajstić information content (AvgIpc) is 3.25. The number of hydrogen-bond acceptors (Lipinski definition) is 4. The number of hydrogen-bond donors (Lipinski definition) is 1. The van der Waals surface area contributed by atoms with E-state index in [4.69, 9.17) is 4.74 Å². The molecule has 4 nitrogen and oxygen atoms in total. The smallest absolute Gasteiger partial charge is 0.255 e. The maximum Gasteiger partial charge on any atom is 0.255 e. The van der Waals surface area contributed by atoms with Gasteiger partial charge in [0.25, 0.3) is 5.91 Å². The summed E-state index contributed by atoms with van der Waals surface area (Å²) >= 11 is 1.72. The number of likely N-dealkylation sites (tertiary alicyclic amines) is 1. The van der Waals surface area contributed by atoms with Crippen molar-refractivity contribution in [2.24, 2.45) is 0 Å². The maximum atomic E-state index is 12.9. The fourth-order valence-electron chi connectivity index (χ4n) is 3.75. The quantitative estimate of drug-likeness (QED) is 0.720. The molecule has 1 saturated heterocycles. The van der Waals surface area contributed by atoms with E-state index in [1.165, 1.54) is 10.4 Å². The highest BCUT2D eigenvalue weighted by Crippen LogP contribution is 2.32. The third-order valence-electron chi connectivity index (χ3n) is 5.06. The van der Waals surface area contributed by atoms with Crippen LogP contribution in [0.3, 0.4) is 0 Å². The number of carbonyl (C=O) groups excluding carboxylic acids is 1. The van der Waals surface area contributed by atoms with Crippen LogP contribution in [0.1, 0.15) is 27.2 Å². The van der Waals surface area contributed by atoms with Gasteiger partial charge in [0.2, 0.25) is 0 Å². The third-order valence-corrected chi connectivity index (χ3v) is 6.08. The number of rotatable bonds is 5. The van der Waals surface area contributed by atoms with Crippen molar-refractivity contribution in [3.05, 3.63) is 64.5 Å². The summed E-state index contributed by atoms with van der Waals surface area (Å²) in [6.07, 6.45) is 0.973. The third kappa shape index (κ3) is 3.99. The number of fused-ring (bicyclic) bond motifs is 1. The van der Waals surface area contributed by atoms with E-state index in [2.05, 4.69) is 47.5 Å². The zero-order valence-electron chi connectivity index (χ0n) is 15.7. The van der Waals surface area contributed by atoms with Crippen LogP contribution in [0.2, 0.25) is 0 Å². The minimum absolute atomic E-state index is 0.0517. The molecule has 0 aliphatic carbocycles. The summed E-state index contributed by atoms with van der Waals surface area (Å²) in [6, 6.07) is 16.7. The van der Waals surface area contributed by atoms with Crippen molar-refractivity contribution in [3.8, 4) is 5.75 Å². The van der Waals surface area contributed by atoms with E-state index in [1.54, 1.807) is 18.4 Å². The molecule has 0 radical (unpaired) electrons. The van der Waals surface area contributed by atoms with Crippen LogP contribution >= 0.6 is 11.3 Å². The lowest BCUT2D eigenvalue weighted by atomic mass is 10.1. The summed E-state index contributed by atoms with van der Waals surface area (Å²) < 4.78 is 6.63. The van der Waals surface area contributed by atoms with Gasteiger partial charge in [0.1, 0.15) is 5.75 Å². The van der Waals surface area contributed by atoms with Crippen molar-refractivity contribution in [1.29, 1.82) is 0 Å². The highest BCUT2D eigenvalue weighted by molar-refractivity contribution is 7.19. The fourth-order valence-corrected chi connectivity index (χ4v) is 4.68. The largest absolute Gasteiger partial charge is 0.496 e. The first-order valence-corrected chi connectivity index (χ1v) is 10.1. The Morgan fingerprint density at radius 1 is 1.26 bits per heavy atom. The summed E-state index contributed by atoms with van der Waals surface area (Å²) in [4.78, 5) is 16.5. The Labute approximate surface area is 163 Å². The van der Waals surface area contributed by atoms with Gasteiger partial charge >= 0.3 is 0 Å². The molecule has 1 unspecified atom stereocenters. The minimum Gasteiger partial charge on any atom is -0.496 e. The van der Waals surface area contributed by atoms with E-state index in [9.17, 15) is 4.79 Å². The molecule has 27 heavy (non-hydrogen) atoms. The number of methoxy groups -OCH3 is 1. The zero-order valence-corrected chi connectivity index (χ0v) is 16.5. The van der Waals surface area contributed by atoms with E-state index in [0.717, 1.165) is 36.1 Å². The summed E-state index contributed by atoms with van der Waals surface area (Å²) in [5.41, 5.74) is 1.92. The molecule has 1 amide bonds. The molecule has 2 heterocycles.